The van der Waals surface area contributed by atoms with Gasteiger partial charge in [-0.1, -0.05) is 18.2 Å². The zero-order chi connectivity index (χ0) is 16.7. The first-order chi connectivity index (χ1) is 11.6. The standard InChI is InChI=1S/C19H19N3O2/c1-11(23)21-13-5-2-4-12(10-13)18-14-8-9-20-19(24)15-6-3-7-16(22-18)17(14)15/h2-5,7,10,15,22H,6,8-9H2,1H3,(H,20,24)(H,21,23). The van der Waals surface area contributed by atoms with Crippen LogP contribution in [-0.4, -0.2) is 23.3 Å². The topological polar surface area (TPSA) is 74.0 Å². The van der Waals surface area contributed by atoms with E-state index in [1.807, 2.05) is 24.3 Å². The highest BCUT2D eigenvalue weighted by Gasteiger charge is 2.32. The van der Waals surface area contributed by atoms with Crippen molar-refractivity contribution in [3.63, 3.8) is 0 Å². The number of allylic oxidation sites excluding steroid dienone is 1. The van der Waals surface area contributed by atoms with Gasteiger partial charge < -0.3 is 15.6 Å². The highest BCUT2D eigenvalue weighted by Crippen LogP contribution is 2.39. The summed E-state index contributed by atoms with van der Waals surface area (Å²) in [5.74, 6) is -0.0863. The maximum atomic E-state index is 12.3. The summed E-state index contributed by atoms with van der Waals surface area (Å²) in [6.45, 7) is 2.15. The Labute approximate surface area is 140 Å². The van der Waals surface area contributed by atoms with Crippen LogP contribution in [0.1, 0.15) is 36.1 Å². The summed E-state index contributed by atoms with van der Waals surface area (Å²) in [4.78, 5) is 27.1. The van der Waals surface area contributed by atoms with E-state index in [0.29, 0.717) is 6.54 Å². The van der Waals surface area contributed by atoms with E-state index < -0.39 is 0 Å². The van der Waals surface area contributed by atoms with Crippen molar-refractivity contribution in [3.8, 4) is 11.3 Å². The number of rotatable bonds is 2. The highest BCUT2D eigenvalue weighted by atomic mass is 16.2. The number of hydrogen-bond donors (Lipinski definition) is 3. The van der Waals surface area contributed by atoms with E-state index >= 15 is 0 Å². The van der Waals surface area contributed by atoms with E-state index in [-0.39, 0.29) is 17.7 Å². The Hall–Kier alpha value is -2.82. The summed E-state index contributed by atoms with van der Waals surface area (Å²) in [5.41, 5.74) is 6.20. The number of nitrogens with one attached hydrogen (secondary N) is 3. The van der Waals surface area contributed by atoms with Crippen LogP contribution in [0.15, 0.2) is 30.3 Å². The molecule has 5 heteroatoms. The summed E-state index contributed by atoms with van der Waals surface area (Å²) in [6, 6.07) is 7.80. The third-order valence-corrected chi connectivity index (χ3v) is 4.64. The second-order valence-corrected chi connectivity index (χ2v) is 6.30. The summed E-state index contributed by atoms with van der Waals surface area (Å²) in [7, 11) is 0. The highest BCUT2D eigenvalue weighted by molar-refractivity contribution is 5.91. The Balaban J connectivity index is 1.84. The van der Waals surface area contributed by atoms with Crippen molar-refractivity contribution in [3.05, 3.63) is 47.2 Å². The Bertz CT molecular complexity index is 863. The molecule has 0 radical (unpaired) electrons. The molecule has 1 aromatic carbocycles. The van der Waals surface area contributed by atoms with E-state index in [4.69, 9.17) is 0 Å². The number of benzene rings is 1. The van der Waals surface area contributed by atoms with Crippen molar-refractivity contribution >= 4 is 23.6 Å². The van der Waals surface area contributed by atoms with E-state index in [1.165, 1.54) is 12.5 Å². The third kappa shape index (κ3) is 2.42. The minimum atomic E-state index is -0.106. The Morgan fingerprint density at radius 1 is 1.33 bits per heavy atom. The smallest absolute Gasteiger partial charge is 0.227 e. The number of aromatic nitrogens is 1. The number of aromatic amines is 1. The van der Waals surface area contributed by atoms with Gasteiger partial charge in [0.25, 0.3) is 0 Å². The SMILES string of the molecule is CC(=O)Nc1cccc(-c2[nH]c3c4c2CCNC(=O)C4CC=C3)c1. The van der Waals surface area contributed by atoms with Crippen LogP contribution in [-0.2, 0) is 16.0 Å². The summed E-state index contributed by atoms with van der Waals surface area (Å²) in [5, 5.41) is 5.84. The van der Waals surface area contributed by atoms with Crippen molar-refractivity contribution in [2.75, 3.05) is 11.9 Å². The van der Waals surface area contributed by atoms with Gasteiger partial charge in [-0.2, -0.15) is 0 Å². The van der Waals surface area contributed by atoms with Crippen LogP contribution in [0.3, 0.4) is 0 Å². The molecule has 1 aliphatic heterocycles. The maximum absolute atomic E-state index is 12.3. The zero-order valence-electron chi connectivity index (χ0n) is 13.5. The van der Waals surface area contributed by atoms with Gasteiger partial charge in [0.2, 0.25) is 11.8 Å². The number of carbonyl (C=O) groups is 2. The average Bonchev–Trinajstić information content (AvgIpc) is 2.84. The Morgan fingerprint density at radius 3 is 3.04 bits per heavy atom. The van der Waals surface area contributed by atoms with Crippen LogP contribution in [0.25, 0.3) is 17.3 Å². The second kappa shape index (κ2) is 5.67. The monoisotopic (exact) mass is 321 g/mol. The van der Waals surface area contributed by atoms with Crippen molar-refractivity contribution in [1.82, 2.24) is 10.3 Å². The molecule has 2 heterocycles. The van der Waals surface area contributed by atoms with Gasteiger partial charge in [0.05, 0.1) is 5.92 Å². The molecule has 2 aromatic rings. The normalized spacial score (nSPS) is 18.5. The van der Waals surface area contributed by atoms with Gasteiger partial charge in [0.15, 0.2) is 0 Å². The van der Waals surface area contributed by atoms with Crippen LogP contribution < -0.4 is 10.6 Å². The first-order valence-corrected chi connectivity index (χ1v) is 8.20. The first-order valence-electron chi connectivity index (χ1n) is 8.20. The molecule has 0 bridgehead atoms. The fourth-order valence-electron chi connectivity index (χ4n) is 3.68. The molecular weight excluding hydrogens is 302 g/mol. The average molecular weight is 321 g/mol. The van der Waals surface area contributed by atoms with E-state index in [0.717, 1.165) is 41.0 Å². The minimum absolute atomic E-state index is 0.0890. The lowest BCUT2D eigenvalue weighted by Gasteiger charge is -2.16. The lowest BCUT2D eigenvalue weighted by molar-refractivity contribution is -0.122. The molecule has 24 heavy (non-hydrogen) atoms. The molecule has 1 aromatic heterocycles. The molecule has 0 fully saturated rings. The van der Waals surface area contributed by atoms with Crippen LogP contribution in [0.5, 0.6) is 0 Å². The molecule has 0 saturated heterocycles. The molecule has 4 rings (SSSR count). The molecule has 2 aliphatic rings. The molecule has 1 unspecified atom stereocenters. The van der Waals surface area contributed by atoms with Gasteiger partial charge >= 0.3 is 0 Å². The van der Waals surface area contributed by atoms with Crippen molar-refractivity contribution < 1.29 is 9.59 Å². The van der Waals surface area contributed by atoms with Crippen LogP contribution in [0, 0.1) is 0 Å². The fraction of sp³-hybridized carbons (Fsp3) is 0.263. The number of H-pyrrole nitrogens is 1. The molecule has 1 aliphatic carbocycles. The van der Waals surface area contributed by atoms with Gasteiger partial charge in [0, 0.05) is 36.1 Å². The Morgan fingerprint density at radius 2 is 2.21 bits per heavy atom. The number of carbonyl (C=O) groups excluding carboxylic acids is 2. The van der Waals surface area contributed by atoms with Gasteiger partial charge in [-0.25, -0.2) is 0 Å². The van der Waals surface area contributed by atoms with Crippen molar-refractivity contribution in [2.24, 2.45) is 0 Å². The number of anilines is 1. The van der Waals surface area contributed by atoms with Gasteiger partial charge in [-0.15, -0.1) is 0 Å². The van der Waals surface area contributed by atoms with E-state index in [2.05, 4.69) is 27.8 Å². The van der Waals surface area contributed by atoms with E-state index in [1.54, 1.807) is 0 Å². The van der Waals surface area contributed by atoms with Crippen molar-refractivity contribution in [2.45, 2.75) is 25.7 Å². The Kier molecular flexibility index (Phi) is 3.49. The molecule has 5 nitrogen and oxygen atoms in total. The molecule has 0 saturated carbocycles. The summed E-state index contributed by atoms with van der Waals surface area (Å²) >= 11 is 0. The minimum Gasteiger partial charge on any atom is -0.355 e. The molecular formula is C19H19N3O2. The van der Waals surface area contributed by atoms with Gasteiger partial charge in [-0.05, 0) is 42.2 Å². The number of amides is 2. The largest absolute Gasteiger partial charge is 0.355 e. The lowest BCUT2D eigenvalue weighted by Crippen LogP contribution is -2.28. The molecule has 3 N–H and O–H groups in total. The molecule has 122 valence electrons. The lowest BCUT2D eigenvalue weighted by atomic mass is 9.87. The zero-order valence-corrected chi connectivity index (χ0v) is 13.5. The van der Waals surface area contributed by atoms with Gasteiger partial charge in [-0.3, -0.25) is 9.59 Å². The maximum Gasteiger partial charge on any atom is 0.227 e. The predicted octanol–water partition coefficient (Wildman–Crippen LogP) is 2.81. The quantitative estimate of drug-likeness (QED) is 0.796. The first kappa shape index (κ1) is 14.8. The summed E-state index contributed by atoms with van der Waals surface area (Å²) < 4.78 is 0. The molecule has 0 spiro atoms. The number of hydrogen-bond acceptors (Lipinski definition) is 2. The third-order valence-electron chi connectivity index (χ3n) is 4.64. The van der Waals surface area contributed by atoms with E-state index in [9.17, 15) is 9.59 Å². The van der Waals surface area contributed by atoms with Crippen molar-refractivity contribution in [1.29, 1.82) is 0 Å². The van der Waals surface area contributed by atoms with Crippen LogP contribution >= 0.6 is 0 Å². The van der Waals surface area contributed by atoms with Crippen LogP contribution in [0.4, 0.5) is 5.69 Å². The summed E-state index contributed by atoms with van der Waals surface area (Å²) in [6.07, 6.45) is 5.67. The molecule has 2 amide bonds. The van der Waals surface area contributed by atoms with Crippen LogP contribution in [0.2, 0.25) is 0 Å². The van der Waals surface area contributed by atoms with Gasteiger partial charge in [0.1, 0.15) is 0 Å². The second-order valence-electron chi connectivity index (χ2n) is 6.30. The predicted molar refractivity (Wildman–Crippen MR) is 93.6 cm³/mol. The molecule has 1 atom stereocenters. The fourth-order valence-corrected chi connectivity index (χ4v) is 3.68.